The van der Waals surface area contributed by atoms with Crippen molar-refractivity contribution < 1.29 is 106 Å². The number of carbonyl (C=O) groups is 1. The third-order valence-electron chi connectivity index (χ3n) is 9.51. The summed E-state index contributed by atoms with van der Waals surface area (Å²) >= 11 is 0. The molecule has 10 nitrogen and oxygen atoms in total. The van der Waals surface area contributed by atoms with Crippen molar-refractivity contribution in [3.63, 3.8) is 0 Å². The normalized spacial score (nSPS) is 50.9. The fraction of sp³-hybridized carbons (Fsp3) is 0.857. The van der Waals surface area contributed by atoms with Crippen LogP contribution < -0.4 is 68.9 Å². The molecule has 3 saturated heterocycles. The second-order valence-electron chi connectivity index (χ2n) is 10.7. The first kappa shape index (κ1) is 26.8. The number of hydrogen-bond acceptors (Lipinski definition) is 10. The van der Waals surface area contributed by atoms with E-state index >= 15 is 0 Å². The number of hydrogen-bond donors (Lipinski definition) is 0. The maximum atomic E-state index is 12.2. The SMILES string of the molecule is CC(C)[C@]12O[C@H]1[C@H]1O[C@]13[C@]1(O[C@H]1C[C@H]1C4=C(CC[C@@]13C)C(=O)OC4)[C@@H]2OCOP(=O)([O-])[O-].[Na+].[Na+]. The molecule has 34 heavy (non-hydrogen) atoms. The predicted molar refractivity (Wildman–Crippen MR) is 99.5 cm³/mol. The van der Waals surface area contributed by atoms with Crippen molar-refractivity contribution in [2.24, 2.45) is 17.3 Å². The zero-order valence-electron chi connectivity index (χ0n) is 20.0. The summed E-state index contributed by atoms with van der Waals surface area (Å²) in [6.07, 6.45) is 0.891. The molecule has 176 valence electrons. The average Bonchev–Trinajstić information content (AvgIpc) is 3.59. The smallest absolute Gasteiger partial charge is 0.790 e. The van der Waals surface area contributed by atoms with Gasteiger partial charge in [-0.2, -0.15) is 0 Å². The molecule has 4 heterocycles. The van der Waals surface area contributed by atoms with Crippen LogP contribution in [0.4, 0.5) is 0 Å². The minimum atomic E-state index is -5.18. The Bertz CT molecular complexity index is 1030. The van der Waals surface area contributed by atoms with Gasteiger partial charge in [-0.25, -0.2) is 4.79 Å². The fourth-order valence-corrected chi connectivity index (χ4v) is 8.27. The first-order valence-electron chi connectivity index (χ1n) is 11.2. The van der Waals surface area contributed by atoms with Gasteiger partial charge in [-0.3, -0.25) is 0 Å². The molecule has 0 bridgehead atoms. The number of phosphoric acid groups is 1. The van der Waals surface area contributed by atoms with E-state index in [4.69, 9.17) is 23.7 Å². The van der Waals surface area contributed by atoms with Crippen LogP contribution in [0.25, 0.3) is 0 Å². The molecule has 7 rings (SSSR count). The van der Waals surface area contributed by atoms with Crippen molar-refractivity contribution in [1.82, 2.24) is 0 Å². The molecule has 5 fully saturated rings. The Labute approximate surface area is 241 Å². The molecule has 2 spiro atoms. The van der Waals surface area contributed by atoms with Gasteiger partial charge in [0.1, 0.15) is 36.1 Å². The summed E-state index contributed by atoms with van der Waals surface area (Å²) in [4.78, 5) is 34.3. The van der Waals surface area contributed by atoms with Crippen LogP contribution in [0.5, 0.6) is 0 Å². The quantitative estimate of drug-likeness (QED) is 0.114. The summed E-state index contributed by atoms with van der Waals surface area (Å²) in [6, 6.07) is 0. The fourth-order valence-electron chi connectivity index (χ4n) is 8.08. The topological polar surface area (TPSA) is 146 Å². The first-order chi connectivity index (χ1) is 15.0. The van der Waals surface area contributed by atoms with E-state index in [0.717, 1.165) is 17.6 Å². The standard InChI is InChI=1S/C21H27O10P.2Na/c1-9(2)19-14(30-19)15-21(31-15)18(3)5-4-10-11(7-26-16(10)22)12(18)6-13-20(21,29-13)17(19)27-8-28-32(23,24)25;;/h9,12-15,17H,4-8H2,1-3H3,(H2,23,24,25);;/q;2*+1/p-2/t12-,13-,14-,15+,17+,18-,19-,20+,21+;;/m0../s1. The minimum Gasteiger partial charge on any atom is -0.790 e. The Morgan fingerprint density at radius 2 is 1.91 bits per heavy atom. The van der Waals surface area contributed by atoms with Crippen molar-refractivity contribution in [3.8, 4) is 0 Å². The number of carbonyl (C=O) groups excluding carboxylic acids is 1. The third-order valence-corrected chi connectivity index (χ3v) is 9.93. The summed E-state index contributed by atoms with van der Waals surface area (Å²) < 4.78 is 46.1. The van der Waals surface area contributed by atoms with Crippen LogP contribution in [-0.2, 0) is 37.6 Å². The molecule has 0 radical (unpaired) electrons. The molecular weight excluding hydrogens is 489 g/mol. The van der Waals surface area contributed by atoms with E-state index in [-0.39, 0.29) is 101 Å². The van der Waals surface area contributed by atoms with Crippen molar-refractivity contribution >= 4 is 13.8 Å². The predicted octanol–water partition coefficient (Wildman–Crippen LogP) is -6.06. The van der Waals surface area contributed by atoms with Crippen molar-refractivity contribution in [2.45, 2.75) is 81.3 Å². The van der Waals surface area contributed by atoms with Gasteiger partial charge in [0.2, 0.25) is 0 Å². The number of rotatable bonds is 5. The summed E-state index contributed by atoms with van der Waals surface area (Å²) in [5.74, 6) is -0.0707. The van der Waals surface area contributed by atoms with E-state index < -0.39 is 37.5 Å². The van der Waals surface area contributed by atoms with Gasteiger partial charge >= 0.3 is 65.1 Å². The first-order valence-corrected chi connectivity index (χ1v) is 12.7. The van der Waals surface area contributed by atoms with Crippen LogP contribution in [0.2, 0.25) is 0 Å². The van der Waals surface area contributed by atoms with E-state index in [1.807, 2.05) is 13.8 Å². The van der Waals surface area contributed by atoms with E-state index in [1.54, 1.807) is 0 Å². The van der Waals surface area contributed by atoms with Crippen LogP contribution in [0.15, 0.2) is 11.1 Å². The molecule has 0 aromatic carbocycles. The third kappa shape index (κ3) is 2.93. The van der Waals surface area contributed by atoms with E-state index in [1.165, 1.54) is 0 Å². The molecule has 0 N–H and O–H groups in total. The van der Waals surface area contributed by atoms with Crippen molar-refractivity contribution in [3.05, 3.63) is 11.1 Å². The Morgan fingerprint density at radius 3 is 2.59 bits per heavy atom. The number of esters is 1. The second kappa shape index (κ2) is 7.85. The average molecular weight is 514 g/mol. The van der Waals surface area contributed by atoms with E-state index in [2.05, 4.69) is 11.4 Å². The van der Waals surface area contributed by atoms with Gasteiger partial charge < -0.3 is 42.6 Å². The number of cyclic esters (lactones) is 1. The molecule has 0 unspecified atom stereocenters. The zero-order chi connectivity index (χ0) is 22.5. The van der Waals surface area contributed by atoms with Gasteiger partial charge in [0.15, 0.2) is 12.4 Å². The number of phosphoric ester groups is 1. The van der Waals surface area contributed by atoms with Gasteiger partial charge in [-0.05, 0) is 36.7 Å². The van der Waals surface area contributed by atoms with Crippen LogP contribution >= 0.6 is 7.82 Å². The Morgan fingerprint density at radius 1 is 1.18 bits per heavy atom. The molecule has 2 saturated carbocycles. The van der Waals surface area contributed by atoms with Gasteiger partial charge in [-0.15, -0.1) is 0 Å². The molecule has 0 aromatic rings. The Hall–Kier alpha value is 1.16. The number of fused-ring (bicyclic) bond motifs is 4. The monoisotopic (exact) mass is 514 g/mol. The molecule has 3 aliphatic carbocycles. The molecule has 9 atom stereocenters. The molecule has 13 heteroatoms. The summed E-state index contributed by atoms with van der Waals surface area (Å²) in [5.41, 5.74) is -0.615. The van der Waals surface area contributed by atoms with E-state index in [0.29, 0.717) is 19.4 Å². The van der Waals surface area contributed by atoms with Crippen molar-refractivity contribution in [1.29, 1.82) is 0 Å². The van der Waals surface area contributed by atoms with Crippen LogP contribution in [-0.4, -0.2) is 60.6 Å². The number of ether oxygens (including phenoxy) is 5. The molecular formula is C21H25Na2O10P. The van der Waals surface area contributed by atoms with Gasteiger partial charge in [0.25, 0.3) is 0 Å². The van der Waals surface area contributed by atoms with Gasteiger partial charge in [0.05, 0.1) is 13.9 Å². The maximum absolute atomic E-state index is 12.2. The summed E-state index contributed by atoms with van der Waals surface area (Å²) in [7, 11) is -5.18. The molecule has 0 aromatic heterocycles. The minimum absolute atomic E-state index is 0. The Balaban J connectivity index is 0.00000120. The molecule has 7 aliphatic rings. The van der Waals surface area contributed by atoms with Crippen LogP contribution in [0.3, 0.4) is 0 Å². The Kier molecular flexibility index (Phi) is 6.18. The second-order valence-corrected chi connectivity index (χ2v) is 11.9. The van der Waals surface area contributed by atoms with Gasteiger partial charge in [0, 0.05) is 11.0 Å². The van der Waals surface area contributed by atoms with Gasteiger partial charge in [-0.1, -0.05) is 20.8 Å². The number of epoxide rings is 3. The summed E-state index contributed by atoms with van der Waals surface area (Å²) in [5, 5.41) is 0. The molecule has 4 aliphatic heterocycles. The molecule has 0 amide bonds. The largest absolute Gasteiger partial charge is 1.00 e. The summed E-state index contributed by atoms with van der Waals surface area (Å²) in [6.45, 7) is 5.89. The van der Waals surface area contributed by atoms with E-state index in [9.17, 15) is 19.1 Å². The maximum Gasteiger partial charge on any atom is 1.00 e. The van der Waals surface area contributed by atoms with Crippen molar-refractivity contribution in [2.75, 3.05) is 13.4 Å². The van der Waals surface area contributed by atoms with Crippen LogP contribution in [0.1, 0.15) is 40.0 Å². The zero-order valence-corrected chi connectivity index (χ0v) is 24.9. The van der Waals surface area contributed by atoms with Crippen LogP contribution in [0, 0.1) is 17.3 Å².